The molecular formula is C21H19N3O3S. The third kappa shape index (κ3) is 3.95. The molecule has 0 bridgehead atoms. The molecule has 0 aliphatic carbocycles. The van der Waals surface area contributed by atoms with E-state index in [1.807, 2.05) is 23.6 Å². The molecule has 0 atom stereocenters. The number of amides is 1. The summed E-state index contributed by atoms with van der Waals surface area (Å²) in [5, 5.41) is 4.68. The van der Waals surface area contributed by atoms with Gasteiger partial charge in [-0.2, -0.15) is 0 Å². The molecule has 1 fully saturated rings. The van der Waals surface area contributed by atoms with Gasteiger partial charge in [0.1, 0.15) is 5.82 Å². The summed E-state index contributed by atoms with van der Waals surface area (Å²) in [6, 6.07) is 14.1. The first-order chi connectivity index (χ1) is 13.7. The van der Waals surface area contributed by atoms with Crippen molar-refractivity contribution < 1.29 is 14.3 Å². The van der Waals surface area contributed by atoms with Gasteiger partial charge in [0.05, 0.1) is 35.5 Å². The number of benzene rings is 1. The van der Waals surface area contributed by atoms with Crippen LogP contribution in [0.15, 0.2) is 60.1 Å². The van der Waals surface area contributed by atoms with Crippen LogP contribution in [0, 0.1) is 0 Å². The lowest BCUT2D eigenvalue weighted by molar-refractivity contribution is 0.0997. The number of aromatic nitrogens is 1. The van der Waals surface area contributed by atoms with E-state index in [0.29, 0.717) is 34.9 Å². The molecule has 142 valence electrons. The molecule has 3 aromatic rings. The monoisotopic (exact) mass is 393 g/mol. The Balaban J connectivity index is 1.50. The van der Waals surface area contributed by atoms with Gasteiger partial charge in [-0.05, 0) is 29.6 Å². The molecule has 1 N–H and O–H groups in total. The van der Waals surface area contributed by atoms with E-state index in [1.54, 1.807) is 36.5 Å². The zero-order valence-electron chi connectivity index (χ0n) is 15.1. The fraction of sp³-hybridized carbons (Fsp3) is 0.190. The Morgan fingerprint density at radius 3 is 2.46 bits per heavy atom. The third-order valence-electron chi connectivity index (χ3n) is 4.50. The van der Waals surface area contributed by atoms with Crippen molar-refractivity contribution in [1.29, 1.82) is 0 Å². The number of thiophene rings is 1. The zero-order valence-corrected chi connectivity index (χ0v) is 15.9. The summed E-state index contributed by atoms with van der Waals surface area (Å²) in [4.78, 5) is 32.7. The molecular weight excluding hydrogens is 374 g/mol. The van der Waals surface area contributed by atoms with Gasteiger partial charge < -0.3 is 15.0 Å². The minimum Gasteiger partial charge on any atom is -0.378 e. The second kappa shape index (κ2) is 8.33. The van der Waals surface area contributed by atoms with Crippen LogP contribution in [0.4, 0.5) is 11.5 Å². The number of rotatable bonds is 5. The van der Waals surface area contributed by atoms with Gasteiger partial charge in [-0.3, -0.25) is 9.59 Å². The topological polar surface area (TPSA) is 71.5 Å². The second-order valence-corrected chi connectivity index (χ2v) is 7.26. The Kier molecular flexibility index (Phi) is 5.45. The van der Waals surface area contributed by atoms with E-state index in [1.165, 1.54) is 11.3 Å². The van der Waals surface area contributed by atoms with Crippen molar-refractivity contribution in [3.63, 3.8) is 0 Å². The maximum Gasteiger partial charge on any atom is 0.256 e. The van der Waals surface area contributed by atoms with Crippen LogP contribution in [0.1, 0.15) is 25.6 Å². The molecule has 0 radical (unpaired) electrons. The normalized spacial score (nSPS) is 13.9. The van der Waals surface area contributed by atoms with Crippen LogP contribution in [0.2, 0.25) is 0 Å². The van der Waals surface area contributed by atoms with Gasteiger partial charge in [0.15, 0.2) is 0 Å². The predicted octanol–water partition coefficient (Wildman–Crippen LogP) is 3.46. The number of nitrogens with zero attached hydrogens (tertiary/aromatic N) is 2. The van der Waals surface area contributed by atoms with Gasteiger partial charge in [-0.15, -0.1) is 11.3 Å². The number of hydrogen-bond acceptors (Lipinski definition) is 6. The number of carbonyl (C=O) groups is 2. The zero-order chi connectivity index (χ0) is 19.3. The van der Waals surface area contributed by atoms with E-state index >= 15 is 0 Å². The molecule has 2 aromatic heterocycles. The smallest absolute Gasteiger partial charge is 0.256 e. The van der Waals surface area contributed by atoms with Crippen molar-refractivity contribution in [2.45, 2.75) is 0 Å². The number of carbonyl (C=O) groups excluding carboxylic acids is 2. The Labute approximate surface area is 166 Å². The van der Waals surface area contributed by atoms with Crippen LogP contribution >= 0.6 is 11.3 Å². The maximum absolute atomic E-state index is 12.8. The number of pyridine rings is 1. The molecule has 1 amide bonds. The molecule has 4 rings (SSSR count). The van der Waals surface area contributed by atoms with Crippen molar-refractivity contribution in [3.05, 3.63) is 76.1 Å². The number of nitrogens with one attached hydrogen (secondary N) is 1. The van der Waals surface area contributed by atoms with Gasteiger partial charge >= 0.3 is 0 Å². The third-order valence-corrected chi connectivity index (χ3v) is 5.37. The largest absolute Gasteiger partial charge is 0.378 e. The Hall–Kier alpha value is -3.03. The molecule has 1 aliphatic heterocycles. The van der Waals surface area contributed by atoms with Gasteiger partial charge in [-0.25, -0.2) is 4.98 Å². The molecule has 28 heavy (non-hydrogen) atoms. The minimum atomic E-state index is -0.332. The van der Waals surface area contributed by atoms with Crippen molar-refractivity contribution >= 4 is 34.5 Å². The van der Waals surface area contributed by atoms with Crippen molar-refractivity contribution in [3.8, 4) is 0 Å². The van der Waals surface area contributed by atoms with E-state index in [0.717, 1.165) is 18.9 Å². The number of ketones is 1. The van der Waals surface area contributed by atoms with Gasteiger partial charge in [0.25, 0.3) is 5.91 Å². The first-order valence-corrected chi connectivity index (χ1v) is 9.87. The van der Waals surface area contributed by atoms with E-state index in [2.05, 4.69) is 15.2 Å². The first-order valence-electron chi connectivity index (χ1n) is 9.00. The van der Waals surface area contributed by atoms with E-state index in [9.17, 15) is 9.59 Å². The Morgan fingerprint density at radius 2 is 1.79 bits per heavy atom. The van der Waals surface area contributed by atoms with Gasteiger partial charge in [-0.1, -0.05) is 24.3 Å². The lowest BCUT2D eigenvalue weighted by Crippen LogP contribution is -2.36. The average Bonchev–Trinajstić information content (AvgIpc) is 3.29. The molecule has 0 unspecified atom stereocenters. The molecule has 1 aliphatic rings. The van der Waals surface area contributed by atoms with E-state index in [4.69, 9.17) is 4.74 Å². The highest BCUT2D eigenvalue weighted by molar-refractivity contribution is 7.12. The summed E-state index contributed by atoms with van der Waals surface area (Å²) in [5.41, 5.74) is 1.32. The van der Waals surface area contributed by atoms with Crippen molar-refractivity contribution in [2.24, 2.45) is 0 Å². The lowest BCUT2D eigenvalue weighted by Gasteiger charge is -2.27. The molecule has 6 nitrogen and oxygen atoms in total. The summed E-state index contributed by atoms with van der Waals surface area (Å²) in [6.45, 7) is 2.98. The van der Waals surface area contributed by atoms with Crippen LogP contribution in [-0.4, -0.2) is 43.0 Å². The van der Waals surface area contributed by atoms with Crippen molar-refractivity contribution in [1.82, 2.24) is 4.98 Å². The molecule has 1 saturated heterocycles. The highest BCUT2D eigenvalue weighted by atomic mass is 32.1. The highest BCUT2D eigenvalue weighted by Crippen LogP contribution is 2.20. The van der Waals surface area contributed by atoms with Crippen LogP contribution in [0.3, 0.4) is 0 Å². The average molecular weight is 393 g/mol. The standard InChI is InChI=1S/C21H19N3O3S/c25-20(18-6-3-13-28-18)16-4-1-2-5-17(16)21(26)23-15-7-8-19(22-14-15)24-9-11-27-12-10-24/h1-8,13-14H,9-12H2,(H,23,26). The minimum absolute atomic E-state index is 0.151. The predicted molar refractivity (Wildman–Crippen MR) is 109 cm³/mol. The molecule has 3 heterocycles. The van der Waals surface area contributed by atoms with Crippen molar-refractivity contribution in [2.75, 3.05) is 36.5 Å². The SMILES string of the molecule is O=C(Nc1ccc(N2CCOCC2)nc1)c1ccccc1C(=O)c1cccs1. The number of anilines is 2. The highest BCUT2D eigenvalue weighted by Gasteiger charge is 2.19. The van der Waals surface area contributed by atoms with Crippen LogP contribution < -0.4 is 10.2 Å². The second-order valence-electron chi connectivity index (χ2n) is 6.31. The molecule has 7 heteroatoms. The first kappa shape index (κ1) is 18.3. The fourth-order valence-corrected chi connectivity index (χ4v) is 3.74. The molecule has 0 saturated carbocycles. The number of ether oxygens (including phenoxy) is 1. The van der Waals surface area contributed by atoms with E-state index in [-0.39, 0.29) is 11.7 Å². The quantitative estimate of drug-likeness (QED) is 0.672. The van der Waals surface area contributed by atoms with Gasteiger partial charge in [0.2, 0.25) is 5.78 Å². The Bertz CT molecular complexity index is 965. The van der Waals surface area contributed by atoms with E-state index < -0.39 is 0 Å². The van der Waals surface area contributed by atoms with Crippen LogP contribution in [-0.2, 0) is 4.74 Å². The Morgan fingerprint density at radius 1 is 1.00 bits per heavy atom. The molecule has 1 aromatic carbocycles. The van der Waals surface area contributed by atoms with Gasteiger partial charge in [0, 0.05) is 18.7 Å². The van der Waals surface area contributed by atoms with Crippen LogP contribution in [0.25, 0.3) is 0 Å². The maximum atomic E-state index is 12.8. The fourth-order valence-electron chi connectivity index (χ4n) is 3.06. The van der Waals surface area contributed by atoms with Crippen LogP contribution in [0.5, 0.6) is 0 Å². The molecule has 0 spiro atoms. The number of hydrogen-bond donors (Lipinski definition) is 1. The summed E-state index contributed by atoms with van der Waals surface area (Å²) in [6.07, 6.45) is 1.63. The summed E-state index contributed by atoms with van der Waals surface area (Å²) >= 11 is 1.36. The summed E-state index contributed by atoms with van der Waals surface area (Å²) in [7, 11) is 0. The summed E-state index contributed by atoms with van der Waals surface area (Å²) in [5.74, 6) is 0.373. The number of morpholine rings is 1. The lowest BCUT2D eigenvalue weighted by atomic mass is 10.0. The summed E-state index contributed by atoms with van der Waals surface area (Å²) < 4.78 is 5.35.